The summed E-state index contributed by atoms with van der Waals surface area (Å²) in [6, 6.07) is 76.9. The molecule has 0 fully saturated rings. The highest BCUT2D eigenvalue weighted by Gasteiger charge is 2.46. The predicted octanol–water partition coefficient (Wildman–Crippen LogP) is 15.7. The minimum atomic E-state index is -0.679. The third kappa shape index (κ3) is 6.03. The van der Waals surface area contributed by atoms with Gasteiger partial charge in [-0.15, -0.1) is 0 Å². The molecule has 1 aliphatic carbocycles. The SMILES string of the molecule is [2H]c1c([2H])c(-c2ccc3ccccc3c2)c([2H])c(N(c2ccc(-c3ccc(-c4ccccc4)cc3)cc2)c2ccc3c(c2)C(c2ccccc2)(c2ccccc2)c2ccccc2-3)c1[2H]. The van der Waals surface area contributed by atoms with E-state index >= 15 is 0 Å². The zero-order valence-electron chi connectivity index (χ0n) is 36.8. The number of fused-ring (bicyclic) bond motifs is 4. The van der Waals surface area contributed by atoms with Crippen molar-refractivity contribution in [3.63, 3.8) is 0 Å². The second-order valence-corrected chi connectivity index (χ2v) is 15.4. The molecule has 282 valence electrons. The number of rotatable bonds is 8. The highest BCUT2D eigenvalue weighted by Crippen LogP contribution is 2.57. The Bertz CT molecular complexity index is 3310. The van der Waals surface area contributed by atoms with E-state index in [-0.39, 0.29) is 29.9 Å². The lowest BCUT2D eigenvalue weighted by molar-refractivity contribution is 0.768. The fourth-order valence-corrected chi connectivity index (χ4v) is 9.20. The van der Waals surface area contributed by atoms with Gasteiger partial charge >= 0.3 is 0 Å². The van der Waals surface area contributed by atoms with Crippen molar-refractivity contribution in [1.82, 2.24) is 0 Å². The van der Waals surface area contributed by atoms with E-state index in [2.05, 4.69) is 152 Å². The van der Waals surface area contributed by atoms with E-state index in [1.807, 2.05) is 77.7 Å². The van der Waals surface area contributed by atoms with Crippen LogP contribution in [0.4, 0.5) is 17.1 Å². The minimum Gasteiger partial charge on any atom is -0.310 e. The van der Waals surface area contributed by atoms with E-state index in [0.29, 0.717) is 11.1 Å². The number of anilines is 3. The van der Waals surface area contributed by atoms with E-state index in [9.17, 15) is 5.48 Å². The lowest BCUT2D eigenvalue weighted by Crippen LogP contribution is -2.28. The smallest absolute Gasteiger partial charge is 0.0714 e. The van der Waals surface area contributed by atoms with Gasteiger partial charge in [-0.1, -0.05) is 206 Å². The van der Waals surface area contributed by atoms with Crippen molar-refractivity contribution in [2.45, 2.75) is 5.41 Å². The molecule has 0 aromatic heterocycles. The van der Waals surface area contributed by atoms with Crippen LogP contribution in [0.5, 0.6) is 0 Å². The molecule has 11 rings (SSSR count). The molecule has 0 N–H and O–H groups in total. The Hall–Kier alpha value is -7.74. The third-order valence-electron chi connectivity index (χ3n) is 12.0. The first-order valence-corrected chi connectivity index (χ1v) is 20.4. The molecule has 0 radical (unpaired) electrons. The van der Waals surface area contributed by atoms with Crippen LogP contribution in [-0.4, -0.2) is 0 Å². The quantitative estimate of drug-likeness (QED) is 0.149. The highest BCUT2D eigenvalue weighted by atomic mass is 15.1. The highest BCUT2D eigenvalue weighted by molar-refractivity contribution is 5.91. The van der Waals surface area contributed by atoms with Gasteiger partial charge in [-0.2, -0.15) is 0 Å². The number of hydrogen-bond acceptors (Lipinski definition) is 1. The molecule has 10 aromatic rings. The summed E-state index contributed by atoms with van der Waals surface area (Å²) in [5, 5.41) is 2.02. The van der Waals surface area contributed by atoms with Gasteiger partial charge < -0.3 is 4.90 Å². The molecule has 0 unspecified atom stereocenters. The summed E-state index contributed by atoms with van der Waals surface area (Å²) in [5.41, 5.74) is 13.2. The molecule has 1 aliphatic rings. The van der Waals surface area contributed by atoms with Crippen molar-refractivity contribution in [3.8, 4) is 44.5 Å². The molecule has 0 spiro atoms. The topological polar surface area (TPSA) is 3.24 Å². The Morgan fingerprint density at radius 1 is 0.333 bits per heavy atom. The van der Waals surface area contributed by atoms with Gasteiger partial charge in [0, 0.05) is 17.1 Å². The molecule has 0 heterocycles. The first-order valence-electron chi connectivity index (χ1n) is 22.4. The average molecular weight is 768 g/mol. The first-order chi connectivity index (χ1) is 31.4. The maximum absolute atomic E-state index is 10.0. The number of hydrogen-bond donors (Lipinski definition) is 0. The van der Waals surface area contributed by atoms with E-state index in [0.717, 1.165) is 72.2 Å². The fraction of sp³-hybridized carbons (Fsp3) is 0.0169. The molecule has 0 bridgehead atoms. The molecule has 1 nitrogen and oxygen atoms in total. The van der Waals surface area contributed by atoms with E-state index in [1.54, 1.807) is 0 Å². The van der Waals surface area contributed by atoms with Crippen LogP contribution in [-0.2, 0) is 5.41 Å². The summed E-state index contributed by atoms with van der Waals surface area (Å²) in [6.07, 6.45) is 0. The van der Waals surface area contributed by atoms with Crippen molar-refractivity contribution < 1.29 is 5.48 Å². The third-order valence-corrected chi connectivity index (χ3v) is 12.0. The van der Waals surface area contributed by atoms with Crippen LogP contribution < -0.4 is 4.90 Å². The Morgan fingerprint density at radius 2 is 0.850 bits per heavy atom. The Labute approximate surface area is 357 Å². The zero-order valence-corrected chi connectivity index (χ0v) is 32.8. The second kappa shape index (κ2) is 14.9. The van der Waals surface area contributed by atoms with Crippen LogP contribution in [0.25, 0.3) is 55.3 Å². The molecule has 10 aromatic carbocycles. The lowest BCUT2D eigenvalue weighted by atomic mass is 9.67. The fourth-order valence-electron chi connectivity index (χ4n) is 9.20. The van der Waals surface area contributed by atoms with Gasteiger partial charge in [0.15, 0.2) is 0 Å². The van der Waals surface area contributed by atoms with Gasteiger partial charge in [-0.25, -0.2) is 0 Å². The molecular formula is C59H41N. The van der Waals surface area contributed by atoms with Crippen molar-refractivity contribution in [3.05, 3.63) is 271 Å². The van der Waals surface area contributed by atoms with E-state index in [1.165, 1.54) is 5.56 Å². The van der Waals surface area contributed by atoms with Gasteiger partial charge in [0.1, 0.15) is 0 Å². The lowest BCUT2D eigenvalue weighted by Gasteiger charge is -2.35. The van der Waals surface area contributed by atoms with Gasteiger partial charge in [0.05, 0.1) is 10.9 Å². The summed E-state index contributed by atoms with van der Waals surface area (Å²) < 4.78 is 38.1. The number of nitrogens with zero attached hydrogens (tertiary/aromatic N) is 1. The summed E-state index contributed by atoms with van der Waals surface area (Å²) >= 11 is 0. The molecular weight excluding hydrogens is 723 g/mol. The molecule has 1 heteroatoms. The molecule has 0 aliphatic heterocycles. The molecule has 60 heavy (non-hydrogen) atoms. The van der Waals surface area contributed by atoms with Crippen LogP contribution in [0.15, 0.2) is 249 Å². The second-order valence-electron chi connectivity index (χ2n) is 15.4. The predicted molar refractivity (Wildman–Crippen MR) is 252 cm³/mol. The van der Waals surface area contributed by atoms with Gasteiger partial charge in [0.25, 0.3) is 0 Å². The molecule has 0 amide bonds. The summed E-state index contributed by atoms with van der Waals surface area (Å²) in [5.74, 6) is 0. The van der Waals surface area contributed by atoms with Crippen LogP contribution in [0.2, 0.25) is 0 Å². The van der Waals surface area contributed by atoms with Crippen molar-refractivity contribution in [2.75, 3.05) is 4.90 Å². The summed E-state index contributed by atoms with van der Waals surface area (Å²) in [7, 11) is 0. The maximum atomic E-state index is 10.0. The van der Waals surface area contributed by atoms with Crippen molar-refractivity contribution in [1.29, 1.82) is 0 Å². The van der Waals surface area contributed by atoms with Gasteiger partial charge in [-0.05, 0) is 120 Å². The van der Waals surface area contributed by atoms with Crippen LogP contribution in [0.1, 0.15) is 27.7 Å². The molecule has 0 saturated carbocycles. The molecule has 0 saturated heterocycles. The zero-order chi connectivity index (χ0) is 43.4. The van der Waals surface area contributed by atoms with Crippen LogP contribution >= 0.6 is 0 Å². The van der Waals surface area contributed by atoms with E-state index in [4.69, 9.17) is 0 Å². The number of benzene rings is 10. The van der Waals surface area contributed by atoms with Crippen molar-refractivity contribution in [2.24, 2.45) is 0 Å². The monoisotopic (exact) mass is 767 g/mol. The minimum absolute atomic E-state index is 0.0167. The summed E-state index contributed by atoms with van der Waals surface area (Å²) in [6.45, 7) is 0. The first kappa shape index (κ1) is 31.3. The van der Waals surface area contributed by atoms with Crippen LogP contribution in [0, 0.1) is 0 Å². The Kier molecular flexibility index (Phi) is 7.76. The summed E-state index contributed by atoms with van der Waals surface area (Å²) in [4.78, 5) is 1.96. The van der Waals surface area contributed by atoms with Crippen LogP contribution in [0.3, 0.4) is 0 Å². The van der Waals surface area contributed by atoms with Crippen molar-refractivity contribution >= 4 is 27.8 Å². The van der Waals surface area contributed by atoms with Gasteiger partial charge in [-0.3, -0.25) is 0 Å². The van der Waals surface area contributed by atoms with Gasteiger partial charge in [0.2, 0.25) is 0 Å². The molecule has 0 atom stereocenters. The Morgan fingerprint density at radius 3 is 1.53 bits per heavy atom. The standard InChI is InChI=1S/C59H41N/c1-4-15-42(16-5-1)44-27-29-45(30-28-44)46-33-35-52(36-34-46)60(53-24-14-19-48(40-53)49-32-31-43-17-10-11-18-47(43)39-49)54-37-38-56-55-25-12-13-26-57(55)59(58(56)41-54,50-20-6-2-7-21-50)51-22-8-3-9-23-51/h1-41H/i14D,19D,24D,40D. The normalized spacial score (nSPS) is 13.4. The maximum Gasteiger partial charge on any atom is 0.0714 e. The van der Waals surface area contributed by atoms with E-state index < -0.39 is 5.41 Å². The Balaban J connectivity index is 1.14. The largest absolute Gasteiger partial charge is 0.310 e. The average Bonchev–Trinajstić information content (AvgIpc) is 3.66.